The third-order valence-electron chi connectivity index (χ3n) is 3.62. The second-order valence-electron chi connectivity index (χ2n) is 5.53. The summed E-state index contributed by atoms with van der Waals surface area (Å²) in [4.78, 5) is 12.3. The van der Waals surface area contributed by atoms with Crippen LogP contribution in [-0.2, 0) is 4.79 Å². The third-order valence-corrected chi connectivity index (χ3v) is 4.66. The Morgan fingerprint density at radius 2 is 2.00 bits per heavy atom. The highest BCUT2D eigenvalue weighted by Crippen LogP contribution is 2.25. The molecule has 3 aromatic rings. The quantitative estimate of drug-likeness (QED) is 0.692. The third kappa shape index (κ3) is 3.88. The highest BCUT2D eigenvalue weighted by atomic mass is 32.2. The number of nitrogens with zero attached hydrogens (tertiary/aromatic N) is 4. The molecule has 1 heterocycles. The van der Waals surface area contributed by atoms with Crippen molar-refractivity contribution in [3.8, 4) is 5.69 Å². The van der Waals surface area contributed by atoms with Crippen molar-refractivity contribution in [1.82, 2.24) is 20.2 Å². The molecule has 1 aromatic heterocycles. The van der Waals surface area contributed by atoms with Crippen LogP contribution in [0.15, 0.2) is 47.6 Å². The van der Waals surface area contributed by atoms with Crippen molar-refractivity contribution in [3.05, 3.63) is 59.7 Å². The lowest BCUT2D eigenvalue weighted by atomic mass is 10.2. The summed E-state index contributed by atoms with van der Waals surface area (Å²) in [6.45, 7) is 3.56. The number of carbonyl (C=O) groups is 1. The number of thioether (sulfide) groups is 1. The maximum absolute atomic E-state index is 13.7. The molecule has 1 amide bonds. The van der Waals surface area contributed by atoms with Gasteiger partial charge in [-0.15, -0.1) is 5.10 Å². The summed E-state index contributed by atoms with van der Waals surface area (Å²) in [6, 6.07) is 10.4. The average molecular weight is 375 g/mol. The SMILES string of the molecule is Cc1ccccc1-n1nnnc1S[C@H](C)C(=O)Nc1cc(F)ccc1F. The van der Waals surface area contributed by atoms with Gasteiger partial charge in [0.1, 0.15) is 11.6 Å². The molecule has 0 aliphatic rings. The standard InChI is InChI=1S/C17H15F2N5OS/c1-10-5-3-4-6-15(10)24-17(21-22-23-24)26-11(2)16(25)20-14-9-12(18)7-8-13(14)19/h3-9,11H,1-2H3,(H,20,25)/t11-/m1/s1. The molecular formula is C17H15F2N5OS. The maximum atomic E-state index is 13.7. The summed E-state index contributed by atoms with van der Waals surface area (Å²) in [5.74, 6) is -1.83. The predicted octanol–water partition coefficient (Wildman–Crippen LogP) is 3.37. The minimum Gasteiger partial charge on any atom is -0.323 e. The Morgan fingerprint density at radius 3 is 2.77 bits per heavy atom. The van der Waals surface area contributed by atoms with Gasteiger partial charge >= 0.3 is 0 Å². The van der Waals surface area contributed by atoms with E-state index in [2.05, 4.69) is 20.8 Å². The molecule has 9 heteroatoms. The molecule has 1 N–H and O–H groups in total. The maximum Gasteiger partial charge on any atom is 0.237 e. The number of hydrogen-bond donors (Lipinski definition) is 1. The Hall–Kier alpha value is -2.81. The van der Waals surface area contributed by atoms with E-state index < -0.39 is 22.8 Å². The second-order valence-corrected chi connectivity index (χ2v) is 6.84. The molecule has 0 aliphatic heterocycles. The van der Waals surface area contributed by atoms with Gasteiger partial charge < -0.3 is 5.32 Å². The molecule has 134 valence electrons. The lowest BCUT2D eigenvalue weighted by Gasteiger charge is -2.13. The van der Waals surface area contributed by atoms with Crippen molar-refractivity contribution in [3.63, 3.8) is 0 Å². The van der Waals surface area contributed by atoms with Crippen LogP contribution in [0.5, 0.6) is 0 Å². The molecule has 3 rings (SSSR count). The summed E-state index contributed by atoms with van der Waals surface area (Å²) < 4.78 is 28.4. The highest BCUT2D eigenvalue weighted by molar-refractivity contribution is 8.00. The van der Waals surface area contributed by atoms with E-state index in [1.165, 1.54) is 4.68 Å². The number of aryl methyl sites for hydroxylation is 1. The summed E-state index contributed by atoms with van der Waals surface area (Å²) in [6.07, 6.45) is 0. The van der Waals surface area contributed by atoms with Gasteiger partial charge in [-0.25, -0.2) is 8.78 Å². The van der Waals surface area contributed by atoms with Gasteiger partial charge in [-0.2, -0.15) is 4.68 Å². The smallest absolute Gasteiger partial charge is 0.237 e. The van der Waals surface area contributed by atoms with Gasteiger partial charge in [-0.3, -0.25) is 4.79 Å². The Kier molecular flexibility index (Phi) is 5.27. The number of hydrogen-bond acceptors (Lipinski definition) is 5. The molecule has 2 aromatic carbocycles. The van der Waals surface area contributed by atoms with E-state index in [4.69, 9.17) is 0 Å². The molecule has 0 fully saturated rings. The van der Waals surface area contributed by atoms with E-state index in [9.17, 15) is 13.6 Å². The van der Waals surface area contributed by atoms with Crippen molar-refractivity contribution in [2.45, 2.75) is 24.3 Å². The monoisotopic (exact) mass is 375 g/mol. The van der Waals surface area contributed by atoms with Crippen LogP contribution in [0.3, 0.4) is 0 Å². The van der Waals surface area contributed by atoms with Crippen LogP contribution in [-0.4, -0.2) is 31.4 Å². The zero-order chi connectivity index (χ0) is 18.7. The van der Waals surface area contributed by atoms with Gasteiger partial charge in [-0.05, 0) is 48.0 Å². The molecule has 0 bridgehead atoms. The van der Waals surface area contributed by atoms with Crippen LogP contribution < -0.4 is 5.32 Å². The van der Waals surface area contributed by atoms with Crippen LogP contribution in [0.1, 0.15) is 12.5 Å². The van der Waals surface area contributed by atoms with Gasteiger partial charge in [0, 0.05) is 6.07 Å². The molecule has 0 aliphatic carbocycles. The molecule has 26 heavy (non-hydrogen) atoms. The van der Waals surface area contributed by atoms with E-state index in [0.29, 0.717) is 5.16 Å². The largest absolute Gasteiger partial charge is 0.323 e. The average Bonchev–Trinajstić information content (AvgIpc) is 3.06. The predicted molar refractivity (Wildman–Crippen MR) is 94.2 cm³/mol. The topological polar surface area (TPSA) is 72.7 Å². The molecule has 6 nitrogen and oxygen atoms in total. The molecule has 0 saturated heterocycles. The lowest BCUT2D eigenvalue weighted by Crippen LogP contribution is -2.23. The fourth-order valence-corrected chi connectivity index (χ4v) is 3.04. The minimum absolute atomic E-state index is 0.207. The number of benzene rings is 2. The molecule has 0 radical (unpaired) electrons. The molecule has 0 unspecified atom stereocenters. The van der Waals surface area contributed by atoms with E-state index in [1.54, 1.807) is 6.92 Å². The van der Waals surface area contributed by atoms with E-state index in [0.717, 1.165) is 41.2 Å². The number of carbonyl (C=O) groups excluding carboxylic acids is 1. The van der Waals surface area contributed by atoms with Gasteiger partial charge in [0.25, 0.3) is 0 Å². The Morgan fingerprint density at radius 1 is 1.23 bits per heavy atom. The van der Waals surface area contributed by atoms with Crippen LogP contribution in [0.25, 0.3) is 5.69 Å². The number of rotatable bonds is 5. The van der Waals surface area contributed by atoms with Crippen molar-refractivity contribution >= 4 is 23.4 Å². The van der Waals surface area contributed by atoms with Crippen molar-refractivity contribution in [2.24, 2.45) is 0 Å². The summed E-state index contributed by atoms with van der Waals surface area (Å²) >= 11 is 1.12. The van der Waals surface area contributed by atoms with Gasteiger partial charge in [0.2, 0.25) is 11.1 Å². The van der Waals surface area contributed by atoms with E-state index >= 15 is 0 Å². The summed E-state index contributed by atoms with van der Waals surface area (Å²) in [5.41, 5.74) is 1.56. The zero-order valence-corrected chi connectivity index (χ0v) is 14.8. The second kappa shape index (κ2) is 7.61. The number of nitrogens with one attached hydrogen (secondary N) is 1. The zero-order valence-electron chi connectivity index (χ0n) is 14.0. The highest BCUT2D eigenvalue weighted by Gasteiger charge is 2.21. The number of anilines is 1. The van der Waals surface area contributed by atoms with Crippen molar-refractivity contribution in [1.29, 1.82) is 0 Å². The molecule has 0 saturated carbocycles. The van der Waals surface area contributed by atoms with E-state index in [-0.39, 0.29) is 5.69 Å². The first-order valence-corrected chi connectivity index (χ1v) is 8.60. The first-order chi connectivity index (χ1) is 12.5. The van der Waals surface area contributed by atoms with Crippen LogP contribution >= 0.6 is 11.8 Å². The Labute approximate surface area is 152 Å². The lowest BCUT2D eigenvalue weighted by molar-refractivity contribution is -0.115. The Balaban J connectivity index is 1.76. The van der Waals surface area contributed by atoms with E-state index in [1.807, 2.05) is 31.2 Å². The van der Waals surface area contributed by atoms with Crippen LogP contribution in [0, 0.1) is 18.6 Å². The van der Waals surface area contributed by atoms with Gasteiger partial charge in [0.05, 0.1) is 16.6 Å². The van der Waals surface area contributed by atoms with Gasteiger partial charge in [-0.1, -0.05) is 30.0 Å². The molecule has 0 spiro atoms. The first-order valence-electron chi connectivity index (χ1n) is 7.72. The Bertz CT molecular complexity index is 946. The van der Waals surface area contributed by atoms with Crippen LogP contribution in [0.4, 0.5) is 14.5 Å². The molecular weight excluding hydrogens is 360 g/mol. The van der Waals surface area contributed by atoms with Crippen molar-refractivity contribution < 1.29 is 13.6 Å². The minimum atomic E-state index is -0.707. The normalized spacial score (nSPS) is 12.0. The number of amides is 1. The first kappa shape index (κ1) is 18.0. The molecule has 1 atom stereocenters. The number of aromatic nitrogens is 4. The van der Waals surface area contributed by atoms with Crippen LogP contribution in [0.2, 0.25) is 0 Å². The number of tetrazole rings is 1. The van der Waals surface area contributed by atoms with Gasteiger partial charge in [0.15, 0.2) is 0 Å². The summed E-state index contributed by atoms with van der Waals surface area (Å²) in [5, 5.41) is 13.7. The number of para-hydroxylation sites is 1. The van der Waals surface area contributed by atoms with Crippen molar-refractivity contribution in [2.75, 3.05) is 5.32 Å². The number of halogens is 2. The fraction of sp³-hybridized carbons (Fsp3) is 0.176. The summed E-state index contributed by atoms with van der Waals surface area (Å²) in [7, 11) is 0. The fourth-order valence-electron chi connectivity index (χ4n) is 2.24.